The second kappa shape index (κ2) is 9.61. The minimum Gasteiger partial charge on any atom is -0.483 e. The summed E-state index contributed by atoms with van der Waals surface area (Å²) in [4.78, 5) is 26.2. The second-order valence-corrected chi connectivity index (χ2v) is 7.95. The summed E-state index contributed by atoms with van der Waals surface area (Å²) in [6.07, 6.45) is 3.96. The standard InChI is InChI=1S/C21H31N3O3.ClH/c1-4-17(23-20(26)16-13-21(16)9-11-22-12-10-21)15-7-5-6-8-18(15)27-14-19(25)24(2)3;/h5-8,16-17,22H,4,9-14H2,1-3H3,(H,23,26);1H. The normalized spacial score (nSPS) is 20.6. The van der Waals surface area contributed by atoms with Crippen LogP contribution in [0, 0.1) is 11.3 Å². The highest BCUT2D eigenvalue weighted by atomic mass is 35.5. The van der Waals surface area contributed by atoms with Gasteiger partial charge >= 0.3 is 0 Å². The van der Waals surface area contributed by atoms with Crippen LogP contribution in [0.25, 0.3) is 0 Å². The lowest BCUT2D eigenvalue weighted by Gasteiger charge is -2.25. The summed E-state index contributed by atoms with van der Waals surface area (Å²) in [6, 6.07) is 7.55. The number of likely N-dealkylation sites (N-methyl/N-ethyl adjacent to an activating group) is 1. The number of carbonyl (C=O) groups excluding carboxylic acids is 2. The van der Waals surface area contributed by atoms with Crippen LogP contribution in [0.4, 0.5) is 0 Å². The Morgan fingerprint density at radius 2 is 1.96 bits per heavy atom. The van der Waals surface area contributed by atoms with Crippen LogP contribution in [0.3, 0.4) is 0 Å². The molecule has 2 unspecified atom stereocenters. The number of carbonyl (C=O) groups is 2. The molecule has 0 radical (unpaired) electrons. The van der Waals surface area contributed by atoms with Gasteiger partial charge in [0.1, 0.15) is 5.75 Å². The quantitative estimate of drug-likeness (QED) is 0.726. The molecule has 1 aromatic carbocycles. The van der Waals surface area contributed by atoms with Gasteiger partial charge in [-0.2, -0.15) is 0 Å². The third kappa shape index (κ3) is 4.97. The van der Waals surface area contributed by atoms with E-state index in [2.05, 4.69) is 17.6 Å². The number of amides is 2. The molecule has 1 saturated carbocycles. The maximum Gasteiger partial charge on any atom is 0.259 e. The topological polar surface area (TPSA) is 70.7 Å². The van der Waals surface area contributed by atoms with Crippen LogP contribution in [0.1, 0.15) is 44.2 Å². The lowest BCUT2D eigenvalue weighted by molar-refractivity contribution is -0.130. The van der Waals surface area contributed by atoms with Crippen molar-refractivity contribution in [2.75, 3.05) is 33.8 Å². The zero-order valence-electron chi connectivity index (χ0n) is 17.0. The molecule has 28 heavy (non-hydrogen) atoms. The fourth-order valence-corrected chi connectivity index (χ4v) is 4.04. The van der Waals surface area contributed by atoms with Gasteiger partial charge in [0, 0.05) is 25.6 Å². The van der Waals surface area contributed by atoms with Gasteiger partial charge in [0.25, 0.3) is 5.91 Å². The highest BCUT2D eigenvalue weighted by Crippen LogP contribution is 2.58. The van der Waals surface area contributed by atoms with E-state index in [1.165, 1.54) is 4.90 Å². The molecule has 156 valence electrons. The molecule has 0 bridgehead atoms. The summed E-state index contributed by atoms with van der Waals surface area (Å²) in [5.74, 6) is 0.861. The third-order valence-electron chi connectivity index (χ3n) is 5.97. The summed E-state index contributed by atoms with van der Waals surface area (Å²) >= 11 is 0. The van der Waals surface area contributed by atoms with Gasteiger partial charge < -0.3 is 20.3 Å². The molecule has 6 nitrogen and oxygen atoms in total. The van der Waals surface area contributed by atoms with Gasteiger partial charge in [0.05, 0.1) is 6.04 Å². The van der Waals surface area contributed by atoms with Crippen molar-refractivity contribution in [3.05, 3.63) is 29.8 Å². The summed E-state index contributed by atoms with van der Waals surface area (Å²) in [7, 11) is 3.41. The van der Waals surface area contributed by atoms with Crippen molar-refractivity contribution in [1.29, 1.82) is 0 Å². The Balaban J connectivity index is 0.00000280. The minimum atomic E-state index is -0.109. The molecule has 0 aromatic heterocycles. The molecule has 1 aromatic rings. The van der Waals surface area contributed by atoms with E-state index in [0.717, 1.165) is 44.3 Å². The van der Waals surface area contributed by atoms with Gasteiger partial charge in [-0.1, -0.05) is 25.1 Å². The van der Waals surface area contributed by atoms with Crippen LogP contribution < -0.4 is 15.4 Å². The lowest BCUT2D eigenvalue weighted by atomic mass is 9.91. The lowest BCUT2D eigenvalue weighted by Crippen LogP contribution is -2.35. The van der Waals surface area contributed by atoms with Crippen molar-refractivity contribution in [2.45, 2.75) is 38.6 Å². The molecule has 2 N–H and O–H groups in total. The van der Waals surface area contributed by atoms with Gasteiger partial charge in [0.15, 0.2) is 6.61 Å². The summed E-state index contributed by atoms with van der Waals surface area (Å²) in [5, 5.41) is 6.61. The van der Waals surface area contributed by atoms with Crippen LogP contribution in [-0.4, -0.2) is 50.5 Å². The fraction of sp³-hybridized carbons (Fsp3) is 0.619. The molecule has 1 heterocycles. The van der Waals surface area contributed by atoms with E-state index >= 15 is 0 Å². The van der Waals surface area contributed by atoms with Crippen LogP contribution in [0.15, 0.2) is 24.3 Å². The summed E-state index contributed by atoms with van der Waals surface area (Å²) < 4.78 is 5.76. The largest absolute Gasteiger partial charge is 0.483 e. The molecule has 1 aliphatic heterocycles. The van der Waals surface area contributed by atoms with E-state index in [4.69, 9.17) is 4.74 Å². The van der Waals surface area contributed by atoms with Crippen LogP contribution in [-0.2, 0) is 9.59 Å². The molecule has 2 aliphatic rings. The first-order chi connectivity index (χ1) is 13.0. The Morgan fingerprint density at radius 1 is 1.29 bits per heavy atom. The number of benzene rings is 1. The number of nitrogens with zero attached hydrogens (tertiary/aromatic N) is 1. The molecule has 1 spiro atoms. The monoisotopic (exact) mass is 409 g/mol. The first-order valence-electron chi connectivity index (χ1n) is 9.90. The average molecular weight is 410 g/mol. The Kier molecular flexibility index (Phi) is 7.72. The van der Waals surface area contributed by atoms with Crippen molar-refractivity contribution < 1.29 is 14.3 Å². The maximum atomic E-state index is 12.9. The number of para-hydroxylation sites is 1. The number of piperidine rings is 1. The molecule has 1 aliphatic carbocycles. The molecule has 7 heteroatoms. The van der Waals surface area contributed by atoms with Crippen LogP contribution in [0.2, 0.25) is 0 Å². The SMILES string of the molecule is CCC(NC(=O)C1CC12CCNCC2)c1ccccc1OCC(=O)N(C)C.Cl. The Morgan fingerprint density at radius 3 is 2.61 bits per heavy atom. The van der Waals surface area contributed by atoms with Crippen molar-refractivity contribution in [2.24, 2.45) is 11.3 Å². The number of nitrogens with one attached hydrogen (secondary N) is 2. The van der Waals surface area contributed by atoms with Crippen molar-refractivity contribution >= 4 is 24.2 Å². The Labute approximate surface area is 173 Å². The number of hydrogen-bond donors (Lipinski definition) is 2. The summed E-state index contributed by atoms with van der Waals surface area (Å²) in [6.45, 7) is 4.07. The zero-order valence-corrected chi connectivity index (χ0v) is 17.8. The van der Waals surface area contributed by atoms with Gasteiger partial charge in [-0.15, -0.1) is 12.4 Å². The van der Waals surface area contributed by atoms with Gasteiger partial charge in [-0.25, -0.2) is 0 Å². The van der Waals surface area contributed by atoms with Gasteiger partial charge in [-0.3, -0.25) is 9.59 Å². The van der Waals surface area contributed by atoms with Crippen molar-refractivity contribution in [3.8, 4) is 5.75 Å². The third-order valence-corrected chi connectivity index (χ3v) is 5.97. The second-order valence-electron chi connectivity index (χ2n) is 7.95. The molecular weight excluding hydrogens is 378 g/mol. The Hall–Kier alpha value is -1.79. The predicted molar refractivity (Wildman–Crippen MR) is 112 cm³/mol. The maximum absolute atomic E-state index is 12.9. The van der Waals surface area contributed by atoms with Crippen LogP contribution >= 0.6 is 12.4 Å². The average Bonchev–Trinajstić information content (AvgIpc) is 3.37. The minimum absolute atomic E-state index is 0. The number of hydrogen-bond acceptors (Lipinski definition) is 4. The number of ether oxygens (including phenoxy) is 1. The fourth-order valence-electron chi connectivity index (χ4n) is 4.04. The Bertz CT molecular complexity index is 689. The van der Waals surface area contributed by atoms with E-state index in [0.29, 0.717) is 5.75 Å². The molecule has 3 rings (SSSR count). The summed E-state index contributed by atoms with van der Waals surface area (Å²) in [5.41, 5.74) is 1.15. The molecule has 1 saturated heterocycles. The van der Waals surface area contributed by atoms with E-state index in [9.17, 15) is 9.59 Å². The van der Waals surface area contributed by atoms with E-state index in [1.807, 2.05) is 24.3 Å². The van der Waals surface area contributed by atoms with Crippen molar-refractivity contribution in [3.63, 3.8) is 0 Å². The highest BCUT2D eigenvalue weighted by Gasteiger charge is 2.57. The molecule has 2 fully saturated rings. The molecule has 2 amide bonds. The zero-order chi connectivity index (χ0) is 19.4. The van der Waals surface area contributed by atoms with Crippen molar-refractivity contribution in [1.82, 2.24) is 15.5 Å². The molecule has 2 atom stereocenters. The highest BCUT2D eigenvalue weighted by molar-refractivity contribution is 5.85. The van der Waals surface area contributed by atoms with Crippen LogP contribution in [0.5, 0.6) is 5.75 Å². The van der Waals surface area contributed by atoms with Gasteiger partial charge in [0.2, 0.25) is 5.91 Å². The van der Waals surface area contributed by atoms with E-state index < -0.39 is 0 Å². The number of halogens is 1. The number of rotatable bonds is 7. The van der Waals surface area contributed by atoms with Gasteiger partial charge in [-0.05, 0) is 50.3 Å². The first kappa shape index (κ1) is 22.5. The molecular formula is C21H32ClN3O3. The van der Waals surface area contributed by atoms with E-state index in [1.54, 1.807) is 14.1 Å². The van der Waals surface area contributed by atoms with E-state index in [-0.39, 0.29) is 48.2 Å². The smallest absolute Gasteiger partial charge is 0.259 e. The first-order valence-corrected chi connectivity index (χ1v) is 9.90. The predicted octanol–water partition coefficient (Wildman–Crippen LogP) is 2.53.